The van der Waals surface area contributed by atoms with Crippen LogP contribution in [0, 0.1) is 13.8 Å². The molecule has 1 aromatic carbocycles. The van der Waals surface area contributed by atoms with Crippen molar-refractivity contribution in [1.29, 1.82) is 0 Å². The van der Waals surface area contributed by atoms with Gasteiger partial charge in [-0.1, -0.05) is 30.7 Å². The first-order valence-corrected chi connectivity index (χ1v) is 12.9. The fraction of sp³-hybridized carbons (Fsp3) is 0.643. The molecular weight excluding hydrogens is 472 g/mol. The minimum Gasteiger partial charge on any atom is -0.444 e. The first-order valence-electron chi connectivity index (χ1n) is 12.9. The molecule has 0 bridgehead atoms. The molecule has 37 heavy (non-hydrogen) atoms. The highest BCUT2D eigenvalue weighted by Crippen LogP contribution is 2.30. The van der Waals surface area contributed by atoms with Gasteiger partial charge in [0.2, 0.25) is 17.7 Å². The lowest BCUT2D eigenvalue weighted by molar-refractivity contribution is -0.146. The minimum atomic E-state index is -1.12. The number of rotatable bonds is 10. The number of alkyl carbamates (subject to hydrolysis) is 1. The maximum atomic E-state index is 14.2. The van der Waals surface area contributed by atoms with Crippen LogP contribution in [0.4, 0.5) is 4.79 Å². The molecule has 4 amide bonds. The van der Waals surface area contributed by atoms with Crippen molar-refractivity contribution in [3.8, 4) is 0 Å². The molecule has 0 radical (unpaired) electrons. The Bertz CT molecular complexity index is 978. The third-order valence-corrected chi connectivity index (χ3v) is 5.74. The van der Waals surface area contributed by atoms with Crippen molar-refractivity contribution in [3.05, 3.63) is 34.9 Å². The molecule has 0 saturated carbocycles. The minimum absolute atomic E-state index is 0.0270. The molecule has 9 heteroatoms. The molecule has 4 N–H and O–H groups in total. The summed E-state index contributed by atoms with van der Waals surface area (Å²) in [4.78, 5) is 53.7. The van der Waals surface area contributed by atoms with Crippen molar-refractivity contribution in [2.75, 3.05) is 0 Å². The van der Waals surface area contributed by atoms with Gasteiger partial charge in [0.25, 0.3) is 0 Å². The van der Waals surface area contributed by atoms with Crippen LogP contribution in [0.2, 0.25) is 0 Å². The molecule has 9 nitrogen and oxygen atoms in total. The van der Waals surface area contributed by atoms with Crippen LogP contribution in [0.25, 0.3) is 0 Å². The fourth-order valence-corrected chi connectivity index (χ4v) is 3.88. The lowest BCUT2D eigenvalue weighted by Gasteiger charge is -2.40. The quantitative estimate of drug-likeness (QED) is 0.430. The molecule has 1 rings (SSSR count). The van der Waals surface area contributed by atoms with Crippen molar-refractivity contribution >= 4 is 23.8 Å². The molecule has 3 atom stereocenters. The largest absolute Gasteiger partial charge is 0.444 e. The average molecular weight is 519 g/mol. The summed E-state index contributed by atoms with van der Waals surface area (Å²) in [5, 5.41) is 5.64. The number of primary amides is 1. The Morgan fingerprint density at radius 2 is 1.65 bits per heavy atom. The van der Waals surface area contributed by atoms with Crippen molar-refractivity contribution in [1.82, 2.24) is 15.5 Å². The number of nitrogens with two attached hydrogens (primary N) is 1. The SMILES string of the molecule is CCC(C)N(C(=O)C(CCC(N)=O)NC(=O)OC(C)(C)C)C(C(=O)NC(C)(C)C)c1cc(C)ccc1C. The third-order valence-electron chi connectivity index (χ3n) is 5.74. The predicted molar refractivity (Wildman–Crippen MR) is 145 cm³/mol. The zero-order valence-corrected chi connectivity index (χ0v) is 24.2. The number of nitrogens with one attached hydrogen (secondary N) is 2. The Morgan fingerprint density at radius 1 is 1.05 bits per heavy atom. The van der Waals surface area contributed by atoms with Crippen LogP contribution < -0.4 is 16.4 Å². The monoisotopic (exact) mass is 518 g/mol. The van der Waals surface area contributed by atoms with Gasteiger partial charge in [-0.3, -0.25) is 14.4 Å². The summed E-state index contributed by atoms with van der Waals surface area (Å²) in [7, 11) is 0. The number of hydrogen-bond acceptors (Lipinski definition) is 5. The van der Waals surface area contributed by atoms with E-state index in [1.165, 1.54) is 4.90 Å². The van der Waals surface area contributed by atoms with Gasteiger partial charge in [-0.2, -0.15) is 0 Å². The van der Waals surface area contributed by atoms with Gasteiger partial charge in [0.05, 0.1) is 0 Å². The zero-order chi connectivity index (χ0) is 28.7. The Kier molecular flexibility index (Phi) is 11.2. The fourth-order valence-electron chi connectivity index (χ4n) is 3.88. The highest BCUT2D eigenvalue weighted by molar-refractivity contribution is 5.93. The number of benzene rings is 1. The smallest absolute Gasteiger partial charge is 0.408 e. The Balaban J connectivity index is 3.66. The maximum absolute atomic E-state index is 14.2. The predicted octanol–water partition coefficient (Wildman–Crippen LogP) is 4.05. The van der Waals surface area contributed by atoms with Crippen molar-refractivity contribution in [2.45, 2.75) is 118 Å². The average Bonchev–Trinajstić information content (AvgIpc) is 2.73. The van der Waals surface area contributed by atoms with Crippen LogP contribution in [-0.2, 0) is 19.1 Å². The number of hydrogen-bond donors (Lipinski definition) is 3. The first-order chi connectivity index (χ1) is 16.9. The number of amides is 4. The van der Waals surface area contributed by atoms with Gasteiger partial charge in [-0.15, -0.1) is 0 Å². The Labute approximate surface area is 221 Å². The Morgan fingerprint density at radius 3 is 2.14 bits per heavy atom. The number of ether oxygens (including phenoxy) is 1. The summed E-state index contributed by atoms with van der Waals surface area (Å²) in [6.45, 7) is 18.4. The van der Waals surface area contributed by atoms with Crippen LogP contribution in [0.3, 0.4) is 0 Å². The van der Waals surface area contributed by atoms with Gasteiger partial charge in [-0.05, 0) is 86.3 Å². The van der Waals surface area contributed by atoms with Gasteiger partial charge in [0.1, 0.15) is 17.7 Å². The molecule has 1 aromatic rings. The normalized spacial score (nSPS) is 14.2. The molecule has 0 aliphatic heterocycles. The van der Waals surface area contributed by atoms with Crippen LogP contribution in [0.15, 0.2) is 18.2 Å². The summed E-state index contributed by atoms with van der Waals surface area (Å²) in [5.74, 6) is -1.42. The van der Waals surface area contributed by atoms with E-state index in [1.807, 2.05) is 66.7 Å². The number of carbonyl (C=O) groups excluding carboxylic acids is 4. The van der Waals surface area contributed by atoms with E-state index >= 15 is 0 Å². The molecular formula is C28H46N4O5. The molecule has 0 aliphatic rings. The lowest BCUT2D eigenvalue weighted by Crippen LogP contribution is -2.57. The molecule has 0 saturated heterocycles. The van der Waals surface area contributed by atoms with Crippen molar-refractivity contribution in [2.24, 2.45) is 5.73 Å². The first kappa shape index (κ1) is 31.9. The Hall–Kier alpha value is -3.10. The van der Waals surface area contributed by atoms with Crippen molar-refractivity contribution in [3.63, 3.8) is 0 Å². The molecule has 208 valence electrons. The van der Waals surface area contributed by atoms with E-state index in [0.717, 1.165) is 11.1 Å². The molecule has 0 fully saturated rings. The summed E-state index contributed by atoms with van der Waals surface area (Å²) in [6.07, 6.45) is -0.379. The number of carbonyl (C=O) groups is 4. The van der Waals surface area contributed by atoms with Gasteiger partial charge in [0, 0.05) is 18.0 Å². The summed E-state index contributed by atoms with van der Waals surface area (Å²) in [6, 6.07) is 3.34. The van der Waals surface area contributed by atoms with E-state index in [4.69, 9.17) is 10.5 Å². The van der Waals surface area contributed by atoms with E-state index in [1.54, 1.807) is 20.8 Å². The van der Waals surface area contributed by atoms with E-state index in [-0.39, 0.29) is 24.8 Å². The zero-order valence-electron chi connectivity index (χ0n) is 24.2. The van der Waals surface area contributed by atoms with Gasteiger partial charge < -0.3 is 26.0 Å². The standard InChI is InChI=1S/C28H46N4O5/c1-11-19(4)32(25(35)21(14-15-22(29)33)30-26(36)37-28(8,9)10)23(24(34)31-27(5,6)7)20-16-17(2)12-13-18(20)3/h12-13,16,19,21,23H,11,14-15H2,1-10H3,(H2,29,33)(H,30,36)(H,31,34). The summed E-state index contributed by atoms with van der Waals surface area (Å²) < 4.78 is 5.37. The summed E-state index contributed by atoms with van der Waals surface area (Å²) in [5.41, 5.74) is 6.54. The molecule has 0 heterocycles. The number of aryl methyl sites for hydroxylation is 2. The second kappa shape index (κ2) is 12.9. The number of nitrogens with zero attached hydrogens (tertiary/aromatic N) is 1. The van der Waals surface area contributed by atoms with Crippen molar-refractivity contribution < 1.29 is 23.9 Å². The molecule has 0 spiro atoms. The van der Waals surface area contributed by atoms with E-state index in [2.05, 4.69) is 10.6 Å². The molecule has 0 aromatic heterocycles. The van der Waals surface area contributed by atoms with E-state index in [9.17, 15) is 19.2 Å². The van der Waals surface area contributed by atoms with Crippen LogP contribution in [0.1, 0.15) is 97.4 Å². The van der Waals surface area contributed by atoms with Crippen LogP contribution in [-0.4, -0.2) is 51.9 Å². The lowest BCUT2D eigenvalue weighted by atomic mass is 9.93. The van der Waals surface area contributed by atoms with Crippen LogP contribution >= 0.6 is 0 Å². The van der Waals surface area contributed by atoms with Crippen LogP contribution in [0.5, 0.6) is 0 Å². The topological polar surface area (TPSA) is 131 Å². The van der Waals surface area contributed by atoms with E-state index in [0.29, 0.717) is 12.0 Å². The highest BCUT2D eigenvalue weighted by Gasteiger charge is 2.40. The highest BCUT2D eigenvalue weighted by atomic mass is 16.6. The maximum Gasteiger partial charge on any atom is 0.408 e. The second-order valence-electron chi connectivity index (χ2n) is 11.7. The third kappa shape index (κ3) is 10.4. The van der Waals surface area contributed by atoms with Gasteiger partial charge >= 0.3 is 6.09 Å². The summed E-state index contributed by atoms with van der Waals surface area (Å²) >= 11 is 0. The molecule has 0 aliphatic carbocycles. The van der Waals surface area contributed by atoms with Gasteiger partial charge in [0.15, 0.2) is 0 Å². The second-order valence-corrected chi connectivity index (χ2v) is 11.7. The van der Waals surface area contributed by atoms with E-state index < -0.39 is 41.1 Å². The molecule has 3 unspecified atom stereocenters. The van der Waals surface area contributed by atoms with Gasteiger partial charge in [-0.25, -0.2) is 4.79 Å².